The van der Waals surface area contributed by atoms with Crippen molar-refractivity contribution in [2.45, 2.75) is 64.3 Å². The molecule has 2 aliphatic rings. The van der Waals surface area contributed by atoms with Gasteiger partial charge in [-0.25, -0.2) is 0 Å². The number of aliphatic carboxylic acids is 1. The van der Waals surface area contributed by atoms with Gasteiger partial charge < -0.3 is 29.5 Å². The Balaban J connectivity index is 1.33. The van der Waals surface area contributed by atoms with Crippen LogP contribution in [0, 0.1) is 20.8 Å². The fourth-order valence-corrected chi connectivity index (χ4v) is 5.55. The van der Waals surface area contributed by atoms with E-state index in [4.69, 9.17) is 19.3 Å². The van der Waals surface area contributed by atoms with Gasteiger partial charge in [-0.15, -0.1) is 0 Å². The molecule has 1 unspecified atom stereocenters. The molecule has 1 fully saturated rings. The zero-order chi connectivity index (χ0) is 27.0. The topological polar surface area (TPSA) is 105 Å². The Morgan fingerprint density at radius 1 is 1.05 bits per heavy atom. The van der Waals surface area contributed by atoms with Crippen LogP contribution in [0.15, 0.2) is 48.5 Å². The molecule has 1 aliphatic carbocycles. The maximum atomic E-state index is 11.4. The minimum absolute atomic E-state index is 0.0372. The summed E-state index contributed by atoms with van der Waals surface area (Å²) in [4.78, 5) is 11.4. The van der Waals surface area contributed by atoms with Crippen molar-refractivity contribution in [3.8, 4) is 28.4 Å². The summed E-state index contributed by atoms with van der Waals surface area (Å²) in [5, 5.41) is 28.0. The Hall–Kier alpha value is -3.55. The zero-order valence-corrected chi connectivity index (χ0v) is 22.0. The second-order valence-corrected chi connectivity index (χ2v) is 10.5. The first kappa shape index (κ1) is 26.1. The molecule has 5 rings (SSSR count). The molecule has 0 aromatic heterocycles. The lowest BCUT2D eigenvalue weighted by Crippen LogP contribution is -2.22. The molecule has 0 bridgehead atoms. The van der Waals surface area contributed by atoms with E-state index in [9.17, 15) is 15.0 Å². The van der Waals surface area contributed by atoms with E-state index in [2.05, 4.69) is 19.1 Å². The molecular weight excluding hydrogens is 484 g/mol. The number of aliphatic hydroxyl groups excluding tert-OH is 2. The first-order valence-corrected chi connectivity index (χ1v) is 13.0. The lowest BCUT2D eigenvalue weighted by atomic mass is 9.90. The van der Waals surface area contributed by atoms with Gasteiger partial charge in [0.1, 0.15) is 42.2 Å². The summed E-state index contributed by atoms with van der Waals surface area (Å²) >= 11 is 0. The van der Waals surface area contributed by atoms with Crippen LogP contribution in [0.5, 0.6) is 17.2 Å². The first-order valence-electron chi connectivity index (χ1n) is 13.0. The van der Waals surface area contributed by atoms with E-state index in [0.29, 0.717) is 18.1 Å². The maximum absolute atomic E-state index is 11.4. The molecule has 38 heavy (non-hydrogen) atoms. The van der Waals surface area contributed by atoms with Gasteiger partial charge in [0.15, 0.2) is 0 Å². The predicted octanol–water partition coefficient (Wildman–Crippen LogP) is 5.07. The Bertz CT molecular complexity index is 1340. The van der Waals surface area contributed by atoms with Crippen molar-refractivity contribution in [1.82, 2.24) is 0 Å². The number of rotatable bonds is 10. The highest BCUT2D eigenvalue weighted by Gasteiger charge is 2.57. The Morgan fingerprint density at radius 2 is 1.79 bits per heavy atom. The molecule has 3 aromatic carbocycles. The number of carbonyl (C=O) groups is 1. The Kier molecular flexibility index (Phi) is 7.07. The lowest BCUT2D eigenvalue weighted by molar-refractivity contribution is -0.138. The Morgan fingerprint density at radius 3 is 2.45 bits per heavy atom. The average molecular weight is 519 g/mol. The van der Waals surface area contributed by atoms with E-state index in [1.807, 2.05) is 50.2 Å². The average Bonchev–Trinajstić information content (AvgIpc) is 3.59. The highest BCUT2D eigenvalue weighted by Crippen LogP contribution is 2.59. The number of aliphatic hydroxyl groups is 2. The van der Waals surface area contributed by atoms with Crippen LogP contribution in [0.1, 0.15) is 53.0 Å². The predicted molar refractivity (Wildman–Crippen MR) is 143 cm³/mol. The van der Waals surface area contributed by atoms with E-state index in [1.54, 1.807) is 0 Å². The number of hydrogen-bond acceptors (Lipinski definition) is 6. The van der Waals surface area contributed by atoms with Gasteiger partial charge in [-0.2, -0.15) is 0 Å². The van der Waals surface area contributed by atoms with Crippen molar-refractivity contribution >= 4 is 5.97 Å². The van der Waals surface area contributed by atoms with E-state index >= 15 is 0 Å². The van der Waals surface area contributed by atoms with Crippen LogP contribution >= 0.6 is 0 Å². The molecule has 7 heteroatoms. The minimum atomic E-state index is -0.910. The molecule has 3 N–H and O–H groups in total. The fourth-order valence-electron chi connectivity index (χ4n) is 5.55. The number of carboxylic acids is 1. The molecule has 3 aromatic rings. The van der Waals surface area contributed by atoms with Gasteiger partial charge in [-0.05, 0) is 85.2 Å². The van der Waals surface area contributed by atoms with Crippen LogP contribution in [0.2, 0.25) is 0 Å². The summed E-state index contributed by atoms with van der Waals surface area (Å²) in [6.45, 7) is 6.25. The first-order chi connectivity index (χ1) is 18.2. The summed E-state index contributed by atoms with van der Waals surface area (Å²) in [6, 6.07) is 15.8. The molecular formula is C31H34O7. The van der Waals surface area contributed by atoms with Gasteiger partial charge in [0.25, 0.3) is 0 Å². The summed E-state index contributed by atoms with van der Waals surface area (Å²) < 4.78 is 18.0. The van der Waals surface area contributed by atoms with Crippen LogP contribution < -0.4 is 14.2 Å². The van der Waals surface area contributed by atoms with Gasteiger partial charge >= 0.3 is 5.97 Å². The van der Waals surface area contributed by atoms with E-state index in [0.717, 1.165) is 57.5 Å². The largest absolute Gasteiger partial charge is 0.491 e. The summed E-state index contributed by atoms with van der Waals surface area (Å²) in [7, 11) is 0. The van der Waals surface area contributed by atoms with Gasteiger partial charge in [0, 0.05) is 17.5 Å². The molecule has 1 spiro atoms. The van der Waals surface area contributed by atoms with Gasteiger partial charge in [-0.1, -0.05) is 24.3 Å². The number of hydrogen-bond donors (Lipinski definition) is 3. The number of benzene rings is 3. The van der Waals surface area contributed by atoms with Crippen molar-refractivity contribution < 1.29 is 34.3 Å². The van der Waals surface area contributed by atoms with Crippen molar-refractivity contribution in [3.63, 3.8) is 0 Å². The number of ether oxygens (including phenoxy) is 3. The quantitative estimate of drug-likeness (QED) is 0.344. The maximum Gasteiger partial charge on any atom is 0.304 e. The van der Waals surface area contributed by atoms with Gasteiger partial charge in [0.2, 0.25) is 0 Å². The third kappa shape index (κ3) is 5.08. The van der Waals surface area contributed by atoms with Crippen LogP contribution in [0.25, 0.3) is 11.1 Å². The molecule has 7 nitrogen and oxygen atoms in total. The number of fused-ring (bicyclic) bond motifs is 1. The molecule has 1 heterocycles. The van der Waals surface area contributed by atoms with Gasteiger partial charge in [-0.3, -0.25) is 4.79 Å². The van der Waals surface area contributed by atoms with Gasteiger partial charge in [0.05, 0.1) is 13.0 Å². The van der Waals surface area contributed by atoms with Crippen LogP contribution in [-0.2, 0) is 11.4 Å². The molecule has 1 aliphatic heterocycles. The third-order valence-corrected chi connectivity index (χ3v) is 7.70. The van der Waals surface area contributed by atoms with E-state index in [1.165, 1.54) is 0 Å². The fraction of sp³-hybridized carbons (Fsp3) is 0.387. The number of carboxylic acid groups (broad SMARTS) is 1. The van der Waals surface area contributed by atoms with Crippen molar-refractivity contribution in [1.29, 1.82) is 0 Å². The van der Waals surface area contributed by atoms with Crippen LogP contribution in [0.3, 0.4) is 0 Å². The summed E-state index contributed by atoms with van der Waals surface area (Å²) in [5.41, 5.74) is 7.16. The normalized spacial score (nSPS) is 17.6. The molecule has 2 atom stereocenters. The molecule has 1 saturated carbocycles. The summed E-state index contributed by atoms with van der Waals surface area (Å²) in [6.07, 6.45) is 0.944. The number of aryl methyl sites for hydroxylation is 2. The van der Waals surface area contributed by atoms with Crippen LogP contribution in [-0.4, -0.2) is 46.2 Å². The van der Waals surface area contributed by atoms with Crippen LogP contribution in [0.4, 0.5) is 0 Å². The SMILES string of the molecule is Cc1cc(OC[C@H](O)CO)cc(C)c1-c1cccc(COc2ccc3c(c2)OC2(CC2)C3CC(=O)O)c1C. The minimum Gasteiger partial charge on any atom is -0.491 e. The molecule has 0 radical (unpaired) electrons. The van der Waals surface area contributed by atoms with Crippen molar-refractivity contribution in [2.24, 2.45) is 0 Å². The van der Waals surface area contributed by atoms with E-state index < -0.39 is 12.1 Å². The van der Waals surface area contributed by atoms with Crippen molar-refractivity contribution in [3.05, 3.63) is 76.3 Å². The highest BCUT2D eigenvalue weighted by molar-refractivity contribution is 5.75. The monoisotopic (exact) mass is 518 g/mol. The lowest BCUT2D eigenvalue weighted by Gasteiger charge is -2.18. The van der Waals surface area contributed by atoms with E-state index in [-0.39, 0.29) is 31.2 Å². The molecule has 0 amide bonds. The zero-order valence-electron chi connectivity index (χ0n) is 22.0. The Labute approximate surface area is 222 Å². The smallest absolute Gasteiger partial charge is 0.304 e. The molecule has 200 valence electrons. The summed E-state index contributed by atoms with van der Waals surface area (Å²) in [5.74, 6) is 1.18. The highest BCUT2D eigenvalue weighted by atomic mass is 16.5. The molecule has 0 saturated heterocycles. The third-order valence-electron chi connectivity index (χ3n) is 7.70. The standard InChI is InChI=1S/C31H34O7/c1-18-11-24(37-17-22(33)15-32)12-19(2)30(18)25-6-4-5-21(20(25)3)16-36-23-7-8-26-27(14-29(34)35)31(9-10-31)38-28(26)13-23/h4-8,11-13,22,27,32-33H,9-10,14-17H2,1-3H3,(H,34,35)/t22-,27?/m1/s1. The van der Waals surface area contributed by atoms with Crippen molar-refractivity contribution in [2.75, 3.05) is 13.2 Å². The second-order valence-electron chi connectivity index (χ2n) is 10.5. The second kappa shape index (κ2) is 10.3.